The van der Waals surface area contributed by atoms with Crippen molar-refractivity contribution in [3.05, 3.63) is 0 Å². The van der Waals surface area contributed by atoms with Gasteiger partial charge in [-0.15, -0.1) is 0 Å². The summed E-state index contributed by atoms with van der Waals surface area (Å²) in [5.74, 6) is 1.05. The molecule has 1 saturated heterocycles. The molecule has 9 heavy (non-hydrogen) atoms. The Morgan fingerprint density at radius 2 is 1.67 bits per heavy atom. The summed E-state index contributed by atoms with van der Waals surface area (Å²) in [7, 11) is 0. The lowest BCUT2D eigenvalue weighted by Crippen LogP contribution is -2.14. The molecule has 2 rings (SSSR count). The van der Waals surface area contributed by atoms with Crippen molar-refractivity contribution < 1.29 is 0 Å². The molecular formula is C8H15N. The minimum atomic E-state index is 0.935. The Labute approximate surface area is 56.8 Å². The van der Waals surface area contributed by atoms with Crippen molar-refractivity contribution in [2.24, 2.45) is 5.92 Å². The maximum Gasteiger partial charge on any atom is 0.0221 e. The van der Waals surface area contributed by atoms with Crippen LogP contribution in [0.2, 0.25) is 0 Å². The van der Waals surface area contributed by atoms with Gasteiger partial charge in [0.1, 0.15) is 0 Å². The predicted molar refractivity (Wildman–Crippen MR) is 38.4 cm³/mol. The summed E-state index contributed by atoms with van der Waals surface area (Å²) in [6.45, 7) is 1.31. The van der Waals surface area contributed by atoms with Crippen molar-refractivity contribution in [1.82, 2.24) is 5.32 Å². The van der Waals surface area contributed by atoms with Crippen molar-refractivity contribution >= 4 is 0 Å². The highest BCUT2D eigenvalue weighted by molar-refractivity contribution is 4.90. The van der Waals surface area contributed by atoms with Crippen molar-refractivity contribution in [2.75, 3.05) is 6.54 Å². The quantitative estimate of drug-likeness (QED) is 0.527. The van der Waals surface area contributed by atoms with Gasteiger partial charge >= 0.3 is 0 Å². The Hall–Kier alpha value is -0.0400. The van der Waals surface area contributed by atoms with E-state index in [1.807, 2.05) is 0 Å². The molecule has 1 N–H and O–H groups in total. The molecule has 0 spiro atoms. The lowest BCUT2D eigenvalue weighted by atomic mass is 9.87. The number of hydrogen-bond acceptors (Lipinski definition) is 1. The van der Waals surface area contributed by atoms with Gasteiger partial charge in [0.05, 0.1) is 0 Å². The first-order valence-electron chi connectivity index (χ1n) is 4.20. The molecule has 1 heterocycles. The second-order valence-electron chi connectivity index (χ2n) is 3.41. The third-order valence-electron chi connectivity index (χ3n) is 2.66. The highest BCUT2D eigenvalue weighted by Gasteiger charge is 2.30. The Bertz CT molecular complexity index is 90.7. The minimum Gasteiger partial charge on any atom is -0.311 e. The monoisotopic (exact) mass is 125 g/mol. The number of hydrogen-bond donors (Lipinski definition) is 1. The zero-order chi connectivity index (χ0) is 6.10. The van der Waals surface area contributed by atoms with Crippen LogP contribution >= 0.6 is 0 Å². The van der Waals surface area contributed by atoms with Crippen LogP contribution in [0.3, 0.4) is 0 Å². The molecule has 1 aliphatic carbocycles. The molecule has 52 valence electrons. The highest BCUT2D eigenvalue weighted by atomic mass is 15.1. The van der Waals surface area contributed by atoms with Crippen molar-refractivity contribution in [3.63, 3.8) is 0 Å². The van der Waals surface area contributed by atoms with Gasteiger partial charge < -0.3 is 5.32 Å². The van der Waals surface area contributed by atoms with Gasteiger partial charge in [0.2, 0.25) is 0 Å². The molecule has 0 radical (unpaired) electrons. The molecule has 0 aromatic heterocycles. The van der Waals surface area contributed by atoms with E-state index >= 15 is 0 Å². The lowest BCUT2D eigenvalue weighted by molar-refractivity contribution is 0.353. The molecule has 1 aliphatic heterocycles. The summed E-state index contributed by atoms with van der Waals surface area (Å²) < 4.78 is 0. The van der Waals surface area contributed by atoms with Gasteiger partial charge in [-0.05, 0) is 18.8 Å². The van der Waals surface area contributed by atoms with Gasteiger partial charge in [0, 0.05) is 12.6 Å². The Balaban J connectivity index is 1.80. The van der Waals surface area contributed by atoms with E-state index in [1.54, 1.807) is 0 Å². The van der Waals surface area contributed by atoms with Crippen LogP contribution in [0.4, 0.5) is 0 Å². The highest BCUT2D eigenvalue weighted by Crippen LogP contribution is 2.29. The smallest absolute Gasteiger partial charge is 0.0221 e. The zero-order valence-electron chi connectivity index (χ0n) is 5.90. The molecule has 0 aromatic rings. The largest absolute Gasteiger partial charge is 0.311 e. The molecule has 0 amide bonds. The van der Waals surface area contributed by atoms with Crippen LogP contribution in [0.1, 0.15) is 32.1 Å². The van der Waals surface area contributed by atoms with Crippen molar-refractivity contribution in [1.29, 1.82) is 0 Å². The van der Waals surface area contributed by atoms with Crippen LogP contribution in [0.5, 0.6) is 0 Å². The van der Waals surface area contributed by atoms with Gasteiger partial charge in [-0.2, -0.15) is 0 Å². The fraction of sp³-hybridized carbons (Fsp3) is 1.00. The molecule has 0 aromatic carbocycles. The fourth-order valence-corrected chi connectivity index (χ4v) is 1.94. The van der Waals surface area contributed by atoms with Crippen LogP contribution in [0, 0.1) is 5.92 Å². The summed E-state index contributed by atoms with van der Waals surface area (Å²) >= 11 is 0. The normalized spacial score (nSPS) is 36.7. The first-order valence-corrected chi connectivity index (χ1v) is 4.20. The molecule has 1 atom stereocenters. The minimum absolute atomic E-state index is 0.935. The fourth-order valence-electron chi connectivity index (χ4n) is 1.94. The van der Waals surface area contributed by atoms with Crippen molar-refractivity contribution in [3.8, 4) is 0 Å². The maximum atomic E-state index is 3.40. The Morgan fingerprint density at radius 1 is 1.00 bits per heavy atom. The predicted octanol–water partition coefficient (Wildman–Crippen LogP) is 1.54. The van der Waals surface area contributed by atoms with Crippen LogP contribution < -0.4 is 5.32 Å². The summed E-state index contributed by atoms with van der Waals surface area (Å²) in [5, 5.41) is 3.40. The second kappa shape index (κ2) is 2.30. The van der Waals surface area contributed by atoms with Gasteiger partial charge in [-0.25, -0.2) is 0 Å². The van der Waals surface area contributed by atoms with E-state index in [4.69, 9.17) is 0 Å². The van der Waals surface area contributed by atoms with E-state index in [9.17, 15) is 0 Å². The molecule has 1 nitrogen and oxygen atoms in total. The van der Waals surface area contributed by atoms with E-state index in [-0.39, 0.29) is 0 Å². The average molecular weight is 125 g/mol. The molecule has 2 aliphatic rings. The third-order valence-corrected chi connectivity index (χ3v) is 2.66. The third kappa shape index (κ3) is 1.26. The zero-order valence-corrected chi connectivity index (χ0v) is 5.90. The Morgan fingerprint density at radius 3 is 2.22 bits per heavy atom. The van der Waals surface area contributed by atoms with Crippen LogP contribution in [-0.4, -0.2) is 12.6 Å². The van der Waals surface area contributed by atoms with Crippen LogP contribution in [-0.2, 0) is 0 Å². The number of rotatable bonds is 1. The second-order valence-corrected chi connectivity index (χ2v) is 3.41. The van der Waals surface area contributed by atoms with Gasteiger partial charge in [-0.3, -0.25) is 0 Å². The summed E-state index contributed by atoms with van der Waals surface area (Å²) in [6.07, 6.45) is 7.46. The molecule has 0 unspecified atom stereocenters. The van der Waals surface area contributed by atoms with Gasteiger partial charge in [0.25, 0.3) is 0 Å². The molecule has 1 saturated carbocycles. The number of nitrogens with one attached hydrogen (secondary N) is 1. The van der Waals surface area contributed by atoms with Crippen molar-refractivity contribution in [2.45, 2.75) is 38.1 Å². The maximum absolute atomic E-state index is 3.40. The standard InChI is InChI=1S/C8H15N/c1-2-4-7(5-3-1)8-6-9-8/h7-9H,1-6H2/t8-/m1/s1. The summed E-state index contributed by atoms with van der Waals surface area (Å²) in [5.41, 5.74) is 0. The Kier molecular flexibility index (Phi) is 1.46. The van der Waals surface area contributed by atoms with E-state index in [0.29, 0.717) is 0 Å². The molecular weight excluding hydrogens is 110 g/mol. The summed E-state index contributed by atoms with van der Waals surface area (Å²) in [6, 6.07) is 0.935. The summed E-state index contributed by atoms with van der Waals surface area (Å²) in [4.78, 5) is 0. The SMILES string of the molecule is C1CCC([C@H]2CN2)CC1. The average Bonchev–Trinajstić information content (AvgIpc) is 2.71. The van der Waals surface area contributed by atoms with E-state index in [2.05, 4.69) is 5.32 Å². The lowest BCUT2D eigenvalue weighted by Gasteiger charge is -2.19. The van der Waals surface area contributed by atoms with Crippen LogP contribution in [0.25, 0.3) is 0 Å². The van der Waals surface area contributed by atoms with E-state index in [0.717, 1.165) is 12.0 Å². The van der Waals surface area contributed by atoms with Crippen LogP contribution in [0.15, 0.2) is 0 Å². The van der Waals surface area contributed by atoms with E-state index < -0.39 is 0 Å². The topological polar surface area (TPSA) is 21.9 Å². The first kappa shape index (κ1) is 5.72. The van der Waals surface area contributed by atoms with Gasteiger partial charge in [0.15, 0.2) is 0 Å². The van der Waals surface area contributed by atoms with E-state index in [1.165, 1.54) is 38.6 Å². The van der Waals surface area contributed by atoms with Gasteiger partial charge in [-0.1, -0.05) is 19.3 Å². The molecule has 0 bridgehead atoms. The molecule has 1 heteroatoms. The first-order chi connectivity index (χ1) is 4.47. The molecule has 2 fully saturated rings.